The van der Waals surface area contributed by atoms with Gasteiger partial charge in [-0.15, -0.1) is 0 Å². The Bertz CT molecular complexity index is 1030. The molecule has 3 nitrogen and oxygen atoms in total. The molecule has 2 aliphatic heterocycles. The third-order valence-electron chi connectivity index (χ3n) is 7.20. The van der Waals surface area contributed by atoms with Crippen molar-refractivity contribution in [3.05, 3.63) is 108 Å². The molecule has 1 unspecified atom stereocenters. The van der Waals surface area contributed by atoms with E-state index < -0.39 is 0 Å². The topological polar surface area (TPSA) is 21.7 Å². The molecule has 1 saturated heterocycles. The molecule has 33 heavy (non-hydrogen) atoms. The van der Waals surface area contributed by atoms with Crippen molar-refractivity contribution < 1.29 is 9.47 Å². The van der Waals surface area contributed by atoms with Crippen LogP contribution in [-0.2, 0) is 11.3 Å². The van der Waals surface area contributed by atoms with Gasteiger partial charge < -0.3 is 14.4 Å². The molecule has 5 rings (SSSR count). The third-order valence-corrected chi connectivity index (χ3v) is 7.20. The van der Waals surface area contributed by atoms with Gasteiger partial charge in [-0.3, -0.25) is 0 Å². The number of hydrogen-bond acceptors (Lipinski definition) is 3. The van der Waals surface area contributed by atoms with Crippen LogP contribution >= 0.6 is 0 Å². The first kappa shape index (κ1) is 21.9. The van der Waals surface area contributed by atoms with Crippen LogP contribution in [0.2, 0.25) is 0 Å². The molecule has 0 saturated carbocycles. The van der Waals surface area contributed by atoms with Crippen molar-refractivity contribution in [3.63, 3.8) is 0 Å². The van der Waals surface area contributed by atoms with Crippen LogP contribution < -0.4 is 4.74 Å². The fourth-order valence-electron chi connectivity index (χ4n) is 5.11. The van der Waals surface area contributed by atoms with Crippen LogP contribution in [-0.4, -0.2) is 36.2 Å². The molecule has 2 heterocycles. The van der Waals surface area contributed by atoms with Gasteiger partial charge in [-0.25, -0.2) is 0 Å². The first-order chi connectivity index (χ1) is 16.2. The van der Waals surface area contributed by atoms with Crippen LogP contribution in [0, 0.1) is 0 Å². The molecule has 0 aromatic heterocycles. The number of fused-ring (bicyclic) bond motifs is 1. The van der Waals surface area contributed by atoms with Crippen molar-refractivity contribution in [2.24, 2.45) is 0 Å². The van der Waals surface area contributed by atoms with E-state index in [1.165, 1.54) is 16.7 Å². The highest BCUT2D eigenvalue weighted by Crippen LogP contribution is 2.37. The van der Waals surface area contributed by atoms with Crippen molar-refractivity contribution >= 4 is 5.57 Å². The molecule has 0 bridgehead atoms. The summed E-state index contributed by atoms with van der Waals surface area (Å²) in [6.45, 7) is 5.97. The van der Waals surface area contributed by atoms with E-state index >= 15 is 0 Å². The maximum absolute atomic E-state index is 6.51. The summed E-state index contributed by atoms with van der Waals surface area (Å²) >= 11 is 0. The maximum Gasteiger partial charge on any atom is 0.125 e. The fraction of sp³-hybridized carbons (Fsp3) is 0.333. The largest absolute Gasteiger partial charge is 0.487 e. The highest BCUT2D eigenvalue weighted by Gasteiger charge is 2.43. The first-order valence-corrected chi connectivity index (χ1v) is 12.2. The van der Waals surface area contributed by atoms with E-state index in [1.807, 2.05) is 6.07 Å². The molecule has 0 N–H and O–H groups in total. The van der Waals surface area contributed by atoms with Gasteiger partial charge in [-0.05, 0) is 49.0 Å². The molecule has 3 heteroatoms. The minimum atomic E-state index is -0.190. The summed E-state index contributed by atoms with van der Waals surface area (Å²) in [5.74, 6) is 0.976. The Morgan fingerprint density at radius 2 is 1.48 bits per heavy atom. The SMILES string of the molecule is CC1Oc2ccccc2COC12CCN(CCC=C(c1ccccc1)c1ccccc1)CC2. The Labute approximate surface area is 197 Å². The number of rotatable bonds is 5. The zero-order valence-electron chi connectivity index (χ0n) is 19.5. The van der Waals surface area contributed by atoms with Crippen molar-refractivity contribution in [2.45, 2.75) is 44.5 Å². The Morgan fingerprint density at radius 1 is 0.879 bits per heavy atom. The summed E-state index contributed by atoms with van der Waals surface area (Å²) in [4.78, 5) is 2.57. The number of para-hydroxylation sites is 1. The molecule has 1 fully saturated rings. The zero-order valence-corrected chi connectivity index (χ0v) is 19.5. The average molecular weight is 440 g/mol. The quantitative estimate of drug-likeness (QED) is 0.463. The molecular formula is C30H33NO2. The predicted molar refractivity (Wildman–Crippen MR) is 134 cm³/mol. The van der Waals surface area contributed by atoms with Crippen LogP contribution in [0.1, 0.15) is 42.9 Å². The average Bonchev–Trinajstić information content (AvgIpc) is 3.01. The van der Waals surface area contributed by atoms with E-state index in [1.54, 1.807) is 0 Å². The summed E-state index contributed by atoms with van der Waals surface area (Å²) in [5.41, 5.74) is 4.84. The lowest BCUT2D eigenvalue weighted by molar-refractivity contribution is -0.135. The summed E-state index contributed by atoms with van der Waals surface area (Å²) in [7, 11) is 0. The van der Waals surface area contributed by atoms with E-state index in [0.29, 0.717) is 6.61 Å². The minimum absolute atomic E-state index is 0.0611. The second kappa shape index (κ2) is 9.94. The normalized spacial score (nSPS) is 19.8. The lowest BCUT2D eigenvalue weighted by Gasteiger charge is -2.43. The molecule has 1 spiro atoms. The van der Waals surface area contributed by atoms with Gasteiger partial charge in [0.25, 0.3) is 0 Å². The van der Waals surface area contributed by atoms with Gasteiger partial charge in [0.15, 0.2) is 0 Å². The van der Waals surface area contributed by atoms with Gasteiger partial charge in [-0.1, -0.05) is 84.9 Å². The van der Waals surface area contributed by atoms with Gasteiger partial charge >= 0.3 is 0 Å². The standard InChI is InChI=1S/C30H33NO2/c1-24-30(32-23-27-15-8-9-17-29(27)33-24)18-21-31(22-19-30)20-10-16-28(25-11-4-2-5-12-25)26-13-6-3-7-14-26/h2-9,11-17,24H,10,18-23H2,1H3. The summed E-state index contributed by atoms with van der Waals surface area (Å²) in [6.07, 6.45) is 5.52. The molecule has 170 valence electrons. The van der Waals surface area contributed by atoms with Crippen molar-refractivity contribution in [1.29, 1.82) is 0 Å². The van der Waals surface area contributed by atoms with Crippen LogP contribution in [0.25, 0.3) is 5.57 Å². The van der Waals surface area contributed by atoms with E-state index in [4.69, 9.17) is 9.47 Å². The van der Waals surface area contributed by atoms with Gasteiger partial charge in [0, 0.05) is 25.2 Å². The molecule has 0 aliphatic carbocycles. The molecule has 2 aliphatic rings. The van der Waals surface area contributed by atoms with Crippen LogP contribution in [0.4, 0.5) is 0 Å². The highest BCUT2D eigenvalue weighted by atomic mass is 16.6. The van der Waals surface area contributed by atoms with Gasteiger partial charge in [0.2, 0.25) is 0 Å². The highest BCUT2D eigenvalue weighted by molar-refractivity contribution is 5.79. The van der Waals surface area contributed by atoms with Crippen LogP contribution in [0.15, 0.2) is 91.0 Å². The van der Waals surface area contributed by atoms with Crippen LogP contribution in [0.5, 0.6) is 5.75 Å². The molecule has 1 atom stereocenters. The predicted octanol–water partition coefficient (Wildman–Crippen LogP) is 6.34. The molecular weight excluding hydrogens is 406 g/mol. The Kier molecular flexibility index (Phi) is 6.61. The van der Waals surface area contributed by atoms with Crippen molar-refractivity contribution in [3.8, 4) is 5.75 Å². The first-order valence-electron chi connectivity index (χ1n) is 12.2. The third kappa shape index (κ3) is 4.90. The second-order valence-corrected chi connectivity index (χ2v) is 9.20. The number of benzene rings is 3. The second-order valence-electron chi connectivity index (χ2n) is 9.20. The summed E-state index contributed by atoms with van der Waals surface area (Å²) in [5, 5.41) is 0. The number of piperidine rings is 1. The number of likely N-dealkylation sites (tertiary alicyclic amines) is 1. The van der Waals surface area contributed by atoms with E-state index in [-0.39, 0.29) is 11.7 Å². The Morgan fingerprint density at radius 3 is 2.15 bits per heavy atom. The van der Waals surface area contributed by atoms with E-state index in [2.05, 4.69) is 96.8 Å². The Balaban J connectivity index is 1.22. The number of nitrogens with zero attached hydrogens (tertiary/aromatic N) is 1. The van der Waals surface area contributed by atoms with Crippen LogP contribution in [0.3, 0.4) is 0 Å². The monoisotopic (exact) mass is 439 g/mol. The van der Waals surface area contributed by atoms with Crippen molar-refractivity contribution in [1.82, 2.24) is 4.90 Å². The minimum Gasteiger partial charge on any atom is -0.487 e. The van der Waals surface area contributed by atoms with E-state index in [9.17, 15) is 0 Å². The smallest absolute Gasteiger partial charge is 0.125 e. The molecule has 0 amide bonds. The van der Waals surface area contributed by atoms with Crippen molar-refractivity contribution in [2.75, 3.05) is 19.6 Å². The summed E-state index contributed by atoms with van der Waals surface area (Å²) < 4.78 is 12.9. The zero-order chi connectivity index (χ0) is 22.5. The summed E-state index contributed by atoms with van der Waals surface area (Å²) in [6, 6.07) is 29.7. The molecule has 3 aromatic carbocycles. The number of hydrogen-bond donors (Lipinski definition) is 0. The van der Waals surface area contributed by atoms with Gasteiger partial charge in [-0.2, -0.15) is 0 Å². The van der Waals surface area contributed by atoms with E-state index in [0.717, 1.165) is 50.2 Å². The molecule has 0 radical (unpaired) electrons. The molecule has 3 aromatic rings. The van der Waals surface area contributed by atoms with Gasteiger partial charge in [0.1, 0.15) is 17.5 Å². The lowest BCUT2D eigenvalue weighted by atomic mass is 9.86. The lowest BCUT2D eigenvalue weighted by Crippen LogP contribution is -2.53. The van der Waals surface area contributed by atoms with Gasteiger partial charge in [0.05, 0.1) is 6.61 Å². The number of ether oxygens (including phenoxy) is 2. The maximum atomic E-state index is 6.51. The Hall–Kier alpha value is -2.88. The fourth-order valence-corrected chi connectivity index (χ4v) is 5.11.